The van der Waals surface area contributed by atoms with Gasteiger partial charge in [0.2, 0.25) is 0 Å². The zero-order valence-electron chi connectivity index (χ0n) is 19.3. The molecule has 8 nitrogen and oxygen atoms in total. The van der Waals surface area contributed by atoms with Crippen molar-refractivity contribution in [1.82, 2.24) is 9.88 Å². The number of benzene rings is 2. The maximum absolute atomic E-state index is 13.2. The molecule has 1 fully saturated rings. The van der Waals surface area contributed by atoms with Gasteiger partial charge in [-0.15, -0.1) is 0 Å². The van der Waals surface area contributed by atoms with Crippen LogP contribution < -0.4 is 9.47 Å². The lowest BCUT2D eigenvalue weighted by molar-refractivity contribution is -0.140. The number of hydrogen-bond acceptors (Lipinski definition) is 6. The molecule has 1 aliphatic heterocycles. The molecule has 4 aromatic rings. The van der Waals surface area contributed by atoms with Crippen LogP contribution in [0.2, 0.25) is 0 Å². The van der Waals surface area contributed by atoms with Crippen molar-refractivity contribution in [3.8, 4) is 11.5 Å². The van der Waals surface area contributed by atoms with E-state index >= 15 is 0 Å². The molecular formula is C27H24N2O6. The molecule has 0 aliphatic carbocycles. The number of ether oxygens (including phenoxy) is 2. The summed E-state index contributed by atoms with van der Waals surface area (Å²) >= 11 is 0. The van der Waals surface area contributed by atoms with Crippen molar-refractivity contribution >= 4 is 28.4 Å². The molecular weight excluding hydrogens is 448 g/mol. The monoisotopic (exact) mass is 472 g/mol. The number of H-pyrrole nitrogens is 1. The number of nitrogens with one attached hydrogen (secondary N) is 1. The van der Waals surface area contributed by atoms with Crippen LogP contribution in [0.5, 0.6) is 11.5 Å². The fraction of sp³-hybridized carbons (Fsp3) is 0.185. The Bertz CT molecular complexity index is 1430. The summed E-state index contributed by atoms with van der Waals surface area (Å²) in [5.41, 5.74) is 2.33. The third-order valence-corrected chi connectivity index (χ3v) is 6.31. The Morgan fingerprint density at radius 3 is 2.60 bits per heavy atom. The highest BCUT2D eigenvalue weighted by Gasteiger charge is 2.47. The van der Waals surface area contributed by atoms with Crippen LogP contribution in [0.3, 0.4) is 0 Å². The number of nitrogens with zero attached hydrogens (tertiary/aromatic N) is 1. The third kappa shape index (κ3) is 3.82. The van der Waals surface area contributed by atoms with E-state index < -0.39 is 17.7 Å². The van der Waals surface area contributed by atoms with Gasteiger partial charge >= 0.3 is 0 Å². The van der Waals surface area contributed by atoms with Crippen molar-refractivity contribution in [1.29, 1.82) is 0 Å². The summed E-state index contributed by atoms with van der Waals surface area (Å²) in [6.07, 6.45) is 3.91. The lowest BCUT2D eigenvalue weighted by atomic mass is 9.99. The van der Waals surface area contributed by atoms with Crippen molar-refractivity contribution in [3.63, 3.8) is 0 Å². The van der Waals surface area contributed by atoms with Gasteiger partial charge in [0.15, 0.2) is 11.5 Å². The lowest BCUT2D eigenvalue weighted by Gasteiger charge is -2.23. The van der Waals surface area contributed by atoms with Crippen LogP contribution in [0.4, 0.5) is 0 Å². The molecule has 0 bridgehead atoms. The number of rotatable bonds is 7. The van der Waals surface area contributed by atoms with Gasteiger partial charge in [0.05, 0.1) is 26.1 Å². The summed E-state index contributed by atoms with van der Waals surface area (Å²) in [5, 5.41) is 12.3. The van der Waals surface area contributed by atoms with E-state index in [1.165, 1.54) is 25.4 Å². The number of aliphatic hydroxyl groups excluding tert-OH is 1. The highest BCUT2D eigenvalue weighted by molar-refractivity contribution is 6.46. The van der Waals surface area contributed by atoms with Crippen LogP contribution >= 0.6 is 0 Å². The van der Waals surface area contributed by atoms with Crippen molar-refractivity contribution in [2.24, 2.45) is 0 Å². The molecule has 0 saturated carbocycles. The molecule has 35 heavy (non-hydrogen) atoms. The maximum atomic E-state index is 13.2. The minimum atomic E-state index is -0.858. The van der Waals surface area contributed by atoms with Crippen LogP contribution in [-0.2, 0) is 16.0 Å². The Balaban J connectivity index is 1.54. The summed E-state index contributed by atoms with van der Waals surface area (Å²) in [4.78, 5) is 31.0. The fourth-order valence-electron chi connectivity index (χ4n) is 4.57. The van der Waals surface area contributed by atoms with Gasteiger partial charge in [-0.3, -0.25) is 9.59 Å². The third-order valence-electron chi connectivity index (χ3n) is 6.31. The number of amides is 1. The number of para-hydroxylation sites is 1. The summed E-state index contributed by atoms with van der Waals surface area (Å²) in [7, 11) is 2.99. The first-order valence-corrected chi connectivity index (χ1v) is 11.1. The Morgan fingerprint density at radius 1 is 1.06 bits per heavy atom. The topological polar surface area (TPSA) is 105 Å². The molecule has 1 aliphatic rings. The summed E-state index contributed by atoms with van der Waals surface area (Å²) in [6, 6.07) is 15.2. The number of aliphatic hydroxyl groups is 1. The molecule has 0 radical (unpaired) electrons. The van der Waals surface area contributed by atoms with Crippen LogP contribution in [0.15, 0.2) is 77.0 Å². The van der Waals surface area contributed by atoms with Crippen LogP contribution in [0.1, 0.15) is 22.9 Å². The van der Waals surface area contributed by atoms with Crippen molar-refractivity contribution in [2.75, 3.05) is 20.8 Å². The summed E-state index contributed by atoms with van der Waals surface area (Å²) in [6.45, 7) is 0.264. The first kappa shape index (κ1) is 22.3. The second-order valence-corrected chi connectivity index (χ2v) is 8.19. The first-order chi connectivity index (χ1) is 17.0. The predicted molar refractivity (Wildman–Crippen MR) is 129 cm³/mol. The minimum Gasteiger partial charge on any atom is -0.507 e. The van der Waals surface area contributed by atoms with Gasteiger partial charge in [-0.1, -0.05) is 18.2 Å². The maximum Gasteiger partial charge on any atom is 0.295 e. The predicted octanol–water partition coefficient (Wildman–Crippen LogP) is 4.44. The standard InChI is InChI=1S/C27H24N2O6/c1-33-20-10-9-16(14-22(20)34-2)25(30)23-24(21-8-5-13-35-21)29(27(32)26(23)31)12-11-17-15-28-19-7-4-3-6-18(17)19/h3-10,13-15,24,28,30H,11-12H2,1-2H3/b25-23-. The largest absolute Gasteiger partial charge is 0.507 e. The van der Waals surface area contributed by atoms with Gasteiger partial charge in [0.25, 0.3) is 11.7 Å². The number of carbonyl (C=O) groups is 2. The second-order valence-electron chi connectivity index (χ2n) is 8.19. The van der Waals surface area contributed by atoms with Gasteiger partial charge in [-0.2, -0.15) is 0 Å². The Kier molecular flexibility index (Phi) is 5.78. The van der Waals surface area contributed by atoms with Crippen LogP contribution in [0.25, 0.3) is 16.7 Å². The molecule has 2 N–H and O–H groups in total. The number of hydrogen-bond donors (Lipinski definition) is 2. The van der Waals surface area contributed by atoms with E-state index in [9.17, 15) is 14.7 Å². The number of methoxy groups -OCH3 is 2. The Morgan fingerprint density at radius 2 is 1.86 bits per heavy atom. The molecule has 1 atom stereocenters. The lowest BCUT2D eigenvalue weighted by Crippen LogP contribution is -2.31. The minimum absolute atomic E-state index is 0.0314. The molecule has 2 aromatic heterocycles. The smallest absolute Gasteiger partial charge is 0.295 e. The zero-order valence-corrected chi connectivity index (χ0v) is 19.3. The van der Waals surface area contributed by atoms with Gasteiger partial charge < -0.3 is 28.9 Å². The fourth-order valence-corrected chi connectivity index (χ4v) is 4.57. The first-order valence-electron chi connectivity index (χ1n) is 11.1. The highest BCUT2D eigenvalue weighted by atomic mass is 16.5. The highest BCUT2D eigenvalue weighted by Crippen LogP contribution is 2.41. The van der Waals surface area contributed by atoms with Gasteiger partial charge in [-0.05, 0) is 48.4 Å². The van der Waals surface area contributed by atoms with Crippen molar-refractivity contribution < 1.29 is 28.6 Å². The van der Waals surface area contributed by atoms with Gasteiger partial charge in [-0.25, -0.2) is 0 Å². The van der Waals surface area contributed by atoms with E-state index in [0.29, 0.717) is 29.2 Å². The zero-order chi connectivity index (χ0) is 24.5. The van der Waals surface area contributed by atoms with E-state index in [2.05, 4.69) is 4.98 Å². The number of fused-ring (bicyclic) bond motifs is 1. The van der Waals surface area contributed by atoms with Crippen molar-refractivity contribution in [2.45, 2.75) is 12.5 Å². The molecule has 2 aromatic carbocycles. The normalized spacial score (nSPS) is 17.3. The Hall–Kier alpha value is -4.46. The van der Waals surface area contributed by atoms with E-state index in [-0.39, 0.29) is 17.9 Å². The molecule has 1 amide bonds. The number of carbonyl (C=O) groups excluding carboxylic acids is 2. The van der Waals surface area contributed by atoms with Crippen molar-refractivity contribution in [3.05, 3.63) is 89.5 Å². The number of ketones is 1. The number of aromatic nitrogens is 1. The van der Waals surface area contributed by atoms with E-state index in [1.54, 1.807) is 30.3 Å². The van der Waals surface area contributed by atoms with E-state index in [4.69, 9.17) is 13.9 Å². The molecule has 1 saturated heterocycles. The number of aromatic amines is 1. The quantitative estimate of drug-likeness (QED) is 0.234. The number of furan rings is 1. The summed E-state index contributed by atoms with van der Waals surface area (Å²) < 4.78 is 16.2. The average molecular weight is 472 g/mol. The SMILES string of the molecule is COc1ccc(/C(O)=C2/C(=O)C(=O)N(CCc3c[nH]c4ccccc34)C2c2ccco2)cc1OC. The molecule has 3 heterocycles. The molecule has 178 valence electrons. The molecule has 5 rings (SSSR count). The van der Waals surface area contributed by atoms with Crippen LogP contribution in [-0.4, -0.2) is 47.4 Å². The number of Topliss-reactive ketones (excluding diaryl/α,β-unsaturated/α-hetero) is 1. The molecule has 1 unspecified atom stereocenters. The van der Waals surface area contributed by atoms with E-state index in [1.807, 2.05) is 30.5 Å². The molecule has 0 spiro atoms. The molecule has 8 heteroatoms. The van der Waals surface area contributed by atoms with Crippen LogP contribution in [0, 0.1) is 0 Å². The second kappa shape index (κ2) is 9.06. The average Bonchev–Trinajstić information content (AvgIpc) is 3.61. The summed E-state index contributed by atoms with van der Waals surface area (Å²) in [5.74, 6) is -0.498. The Labute approximate surface area is 201 Å². The number of likely N-dealkylation sites (tertiary alicyclic amines) is 1. The van der Waals surface area contributed by atoms with Gasteiger partial charge in [0.1, 0.15) is 17.6 Å². The van der Waals surface area contributed by atoms with E-state index in [0.717, 1.165) is 16.5 Å². The van der Waals surface area contributed by atoms with Gasteiger partial charge in [0, 0.05) is 29.2 Å².